The van der Waals surface area contributed by atoms with Crippen LogP contribution in [-0.2, 0) is 6.42 Å². The van der Waals surface area contributed by atoms with Gasteiger partial charge in [-0.3, -0.25) is 0 Å². The second-order valence-electron chi connectivity index (χ2n) is 4.03. The molecule has 0 amide bonds. The number of aromatic nitrogens is 1. The Morgan fingerprint density at radius 2 is 2.23 bits per heavy atom. The molecule has 0 aliphatic carbocycles. The SMILES string of the molecule is Cc1cc(CC(N)CC(C)C)on1. The molecule has 0 saturated carbocycles. The summed E-state index contributed by atoms with van der Waals surface area (Å²) in [6.45, 7) is 6.26. The van der Waals surface area contributed by atoms with Crippen molar-refractivity contribution in [3.05, 3.63) is 17.5 Å². The van der Waals surface area contributed by atoms with Gasteiger partial charge in [0.15, 0.2) is 0 Å². The van der Waals surface area contributed by atoms with Crippen molar-refractivity contribution >= 4 is 0 Å². The number of rotatable bonds is 4. The average Bonchev–Trinajstić information content (AvgIpc) is 2.33. The van der Waals surface area contributed by atoms with Crippen molar-refractivity contribution in [2.45, 2.75) is 39.7 Å². The standard InChI is InChI=1S/C10H18N2O/c1-7(2)4-9(11)6-10-5-8(3)12-13-10/h5,7,9H,4,6,11H2,1-3H3. The van der Waals surface area contributed by atoms with Gasteiger partial charge in [0.1, 0.15) is 5.76 Å². The lowest BCUT2D eigenvalue weighted by atomic mass is 10.0. The van der Waals surface area contributed by atoms with E-state index in [9.17, 15) is 0 Å². The van der Waals surface area contributed by atoms with E-state index >= 15 is 0 Å². The molecule has 74 valence electrons. The molecule has 1 unspecified atom stereocenters. The predicted octanol–water partition coefficient (Wildman–Crippen LogP) is 1.90. The zero-order valence-corrected chi connectivity index (χ0v) is 8.58. The lowest BCUT2D eigenvalue weighted by Crippen LogP contribution is -2.24. The van der Waals surface area contributed by atoms with Crippen LogP contribution in [0.1, 0.15) is 31.7 Å². The smallest absolute Gasteiger partial charge is 0.138 e. The first kappa shape index (κ1) is 10.3. The first-order chi connectivity index (χ1) is 6.08. The molecule has 13 heavy (non-hydrogen) atoms. The number of nitrogens with zero attached hydrogens (tertiary/aromatic N) is 1. The number of hydrogen-bond acceptors (Lipinski definition) is 3. The minimum atomic E-state index is 0.187. The van der Waals surface area contributed by atoms with Crippen LogP contribution in [0.2, 0.25) is 0 Å². The molecule has 0 aliphatic heterocycles. The second kappa shape index (κ2) is 4.42. The van der Waals surface area contributed by atoms with E-state index in [4.69, 9.17) is 10.3 Å². The van der Waals surface area contributed by atoms with E-state index in [2.05, 4.69) is 19.0 Å². The lowest BCUT2D eigenvalue weighted by Gasteiger charge is -2.11. The number of hydrogen-bond donors (Lipinski definition) is 1. The summed E-state index contributed by atoms with van der Waals surface area (Å²) in [6, 6.07) is 2.13. The molecule has 0 bridgehead atoms. The van der Waals surface area contributed by atoms with Crippen LogP contribution in [0, 0.1) is 12.8 Å². The highest BCUT2D eigenvalue weighted by atomic mass is 16.5. The lowest BCUT2D eigenvalue weighted by molar-refractivity contribution is 0.361. The highest BCUT2D eigenvalue weighted by molar-refractivity contribution is 5.04. The van der Waals surface area contributed by atoms with Gasteiger partial charge in [-0.25, -0.2) is 0 Å². The largest absolute Gasteiger partial charge is 0.361 e. The molecular formula is C10H18N2O. The first-order valence-electron chi connectivity index (χ1n) is 4.75. The molecule has 1 aromatic rings. The summed E-state index contributed by atoms with van der Waals surface area (Å²) in [5.41, 5.74) is 6.85. The van der Waals surface area contributed by atoms with Crippen molar-refractivity contribution in [3.63, 3.8) is 0 Å². The molecule has 1 atom stereocenters. The van der Waals surface area contributed by atoms with Gasteiger partial charge in [0.2, 0.25) is 0 Å². The molecule has 0 aliphatic rings. The first-order valence-corrected chi connectivity index (χ1v) is 4.75. The minimum absolute atomic E-state index is 0.187. The number of aryl methyl sites for hydroxylation is 1. The summed E-state index contributed by atoms with van der Waals surface area (Å²) in [4.78, 5) is 0. The van der Waals surface area contributed by atoms with Gasteiger partial charge < -0.3 is 10.3 Å². The Morgan fingerprint density at radius 1 is 1.54 bits per heavy atom. The zero-order chi connectivity index (χ0) is 9.84. The normalized spacial score (nSPS) is 13.6. The van der Waals surface area contributed by atoms with E-state index in [1.54, 1.807) is 0 Å². The Bertz CT molecular complexity index is 255. The molecule has 3 nitrogen and oxygen atoms in total. The van der Waals surface area contributed by atoms with Crippen LogP contribution >= 0.6 is 0 Å². The molecule has 1 aromatic heterocycles. The predicted molar refractivity (Wildman–Crippen MR) is 52.4 cm³/mol. The van der Waals surface area contributed by atoms with E-state index in [1.165, 1.54) is 0 Å². The summed E-state index contributed by atoms with van der Waals surface area (Å²) in [5, 5.41) is 3.82. The molecule has 0 aromatic carbocycles. The summed E-state index contributed by atoms with van der Waals surface area (Å²) in [6.07, 6.45) is 1.82. The van der Waals surface area contributed by atoms with Gasteiger partial charge in [0.25, 0.3) is 0 Å². The maximum absolute atomic E-state index is 5.93. The van der Waals surface area contributed by atoms with Crippen LogP contribution in [0.25, 0.3) is 0 Å². The molecule has 0 fully saturated rings. The van der Waals surface area contributed by atoms with Gasteiger partial charge in [0.05, 0.1) is 5.69 Å². The topological polar surface area (TPSA) is 52.0 Å². The average molecular weight is 182 g/mol. The quantitative estimate of drug-likeness (QED) is 0.773. The van der Waals surface area contributed by atoms with Crippen LogP contribution in [0.3, 0.4) is 0 Å². The summed E-state index contributed by atoms with van der Waals surface area (Å²) in [5.74, 6) is 1.53. The van der Waals surface area contributed by atoms with Crippen molar-refractivity contribution in [2.24, 2.45) is 11.7 Å². The molecule has 2 N–H and O–H groups in total. The van der Waals surface area contributed by atoms with Gasteiger partial charge in [-0.2, -0.15) is 0 Å². The summed E-state index contributed by atoms with van der Waals surface area (Å²) in [7, 11) is 0. The summed E-state index contributed by atoms with van der Waals surface area (Å²) < 4.78 is 5.09. The van der Waals surface area contributed by atoms with Crippen molar-refractivity contribution in [3.8, 4) is 0 Å². The third-order valence-corrected chi connectivity index (χ3v) is 1.91. The van der Waals surface area contributed by atoms with Crippen LogP contribution in [0.15, 0.2) is 10.6 Å². The second-order valence-corrected chi connectivity index (χ2v) is 4.03. The fourth-order valence-corrected chi connectivity index (χ4v) is 1.46. The number of nitrogens with two attached hydrogens (primary N) is 1. The molecule has 1 rings (SSSR count). The third kappa shape index (κ3) is 3.59. The maximum atomic E-state index is 5.93. The molecule has 3 heteroatoms. The monoisotopic (exact) mass is 182 g/mol. The van der Waals surface area contributed by atoms with Crippen molar-refractivity contribution in [1.29, 1.82) is 0 Å². The van der Waals surface area contributed by atoms with Crippen molar-refractivity contribution < 1.29 is 4.52 Å². The van der Waals surface area contributed by atoms with Crippen LogP contribution < -0.4 is 5.73 Å². The van der Waals surface area contributed by atoms with E-state index < -0.39 is 0 Å². The van der Waals surface area contributed by atoms with E-state index in [1.807, 2.05) is 13.0 Å². The highest BCUT2D eigenvalue weighted by Crippen LogP contribution is 2.10. The molecule has 1 heterocycles. The van der Waals surface area contributed by atoms with Crippen LogP contribution in [0.5, 0.6) is 0 Å². The van der Waals surface area contributed by atoms with E-state index in [0.717, 1.165) is 24.3 Å². The molecule has 0 saturated heterocycles. The Hall–Kier alpha value is -0.830. The zero-order valence-electron chi connectivity index (χ0n) is 8.58. The third-order valence-electron chi connectivity index (χ3n) is 1.91. The Kier molecular flexibility index (Phi) is 3.48. The van der Waals surface area contributed by atoms with Gasteiger partial charge in [0, 0.05) is 18.5 Å². The van der Waals surface area contributed by atoms with Gasteiger partial charge in [-0.05, 0) is 19.3 Å². The van der Waals surface area contributed by atoms with Crippen LogP contribution in [-0.4, -0.2) is 11.2 Å². The van der Waals surface area contributed by atoms with Gasteiger partial charge in [-0.15, -0.1) is 0 Å². The van der Waals surface area contributed by atoms with Crippen molar-refractivity contribution in [1.82, 2.24) is 5.16 Å². The fraction of sp³-hybridized carbons (Fsp3) is 0.700. The van der Waals surface area contributed by atoms with E-state index in [-0.39, 0.29) is 6.04 Å². The van der Waals surface area contributed by atoms with Crippen LogP contribution in [0.4, 0.5) is 0 Å². The minimum Gasteiger partial charge on any atom is -0.361 e. The Morgan fingerprint density at radius 3 is 2.69 bits per heavy atom. The van der Waals surface area contributed by atoms with Gasteiger partial charge >= 0.3 is 0 Å². The Labute approximate surface area is 79.3 Å². The van der Waals surface area contributed by atoms with E-state index in [0.29, 0.717) is 5.92 Å². The fourth-order valence-electron chi connectivity index (χ4n) is 1.46. The molecule has 0 spiro atoms. The van der Waals surface area contributed by atoms with Gasteiger partial charge in [-0.1, -0.05) is 19.0 Å². The summed E-state index contributed by atoms with van der Waals surface area (Å²) >= 11 is 0. The maximum Gasteiger partial charge on any atom is 0.138 e. The van der Waals surface area contributed by atoms with Crippen molar-refractivity contribution in [2.75, 3.05) is 0 Å². The Balaban J connectivity index is 2.40. The molecular weight excluding hydrogens is 164 g/mol. The highest BCUT2D eigenvalue weighted by Gasteiger charge is 2.09. The molecule has 0 radical (unpaired) electrons.